The number of aromatic nitrogens is 2. The molecule has 0 radical (unpaired) electrons. The number of non-ortho nitro benzene ring substituents is 1. The van der Waals surface area contributed by atoms with E-state index in [4.69, 9.17) is 10.5 Å². The van der Waals surface area contributed by atoms with Crippen LogP contribution in [0.2, 0.25) is 0 Å². The number of nitro groups is 1. The number of nitrogens with two attached hydrogens (primary N) is 1. The van der Waals surface area contributed by atoms with Crippen molar-refractivity contribution in [3.05, 3.63) is 70.4 Å². The van der Waals surface area contributed by atoms with Crippen molar-refractivity contribution in [2.24, 2.45) is 7.05 Å². The minimum absolute atomic E-state index is 0.0169. The minimum Gasteiger partial charge on any atom is -0.497 e. The van der Waals surface area contributed by atoms with E-state index in [1.54, 1.807) is 28.5 Å². The Morgan fingerprint density at radius 1 is 1.26 bits per heavy atom. The Labute approximate surface area is 155 Å². The SMILES string of the molecule is COc1ccc(-c2c[n+](CC(=O)c3cccc([N+](=O)[O-])c3)c(N)n2C)cc1. The molecule has 0 amide bonds. The lowest BCUT2D eigenvalue weighted by atomic mass is 10.1. The summed E-state index contributed by atoms with van der Waals surface area (Å²) in [6.07, 6.45) is 1.78. The fraction of sp³-hybridized carbons (Fsp3) is 0.158. The van der Waals surface area contributed by atoms with Gasteiger partial charge in [0.2, 0.25) is 0 Å². The smallest absolute Gasteiger partial charge is 0.355 e. The van der Waals surface area contributed by atoms with Crippen molar-refractivity contribution >= 4 is 17.4 Å². The number of rotatable bonds is 6. The number of carbonyl (C=O) groups is 1. The van der Waals surface area contributed by atoms with Gasteiger partial charge in [0.15, 0.2) is 5.78 Å². The van der Waals surface area contributed by atoms with Crippen LogP contribution in [0.1, 0.15) is 10.4 Å². The quantitative estimate of drug-likeness (QED) is 0.312. The topological polar surface area (TPSA) is 104 Å². The van der Waals surface area contributed by atoms with E-state index < -0.39 is 4.92 Å². The number of nitro benzene ring substituents is 1. The summed E-state index contributed by atoms with van der Waals surface area (Å²) in [5.41, 5.74) is 8.05. The van der Waals surface area contributed by atoms with Crippen LogP contribution in [0, 0.1) is 10.1 Å². The van der Waals surface area contributed by atoms with Gasteiger partial charge in [0, 0.05) is 23.3 Å². The molecule has 0 saturated heterocycles. The Bertz CT molecular complexity index is 1010. The van der Waals surface area contributed by atoms with Gasteiger partial charge in [-0.2, -0.15) is 0 Å². The van der Waals surface area contributed by atoms with Crippen molar-refractivity contribution in [2.45, 2.75) is 6.54 Å². The van der Waals surface area contributed by atoms with Gasteiger partial charge in [-0.05, 0) is 24.3 Å². The summed E-state index contributed by atoms with van der Waals surface area (Å²) in [6, 6.07) is 13.2. The third-order valence-electron chi connectivity index (χ3n) is 4.36. The maximum absolute atomic E-state index is 12.6. The second-order valence-electron chi connectivity index (χ2n) is 6.02. The third kappa shape index (κ3) is 3.64. The van der Waals surface area contributed by atoms with Gasteiger partial charge >= 0.3 is 5.95 Å². The normalized spacial score (nSPS) is 10.6. The number of nitrogen functional groups attached to an aromatic ring is 1. The lowest BCUT2D eigenvalue weighted by Gasteiger charge is -2.01. The van der Waals surface area contributed by atoms with Gasteiger partial charge in [0.1, 0.15) is 24.2 Å². The van der Waals surface area contributed by atoms with Crippen molar-refractivity contribution in [1.82, 2.24) is 4.57 Å². The average molecular weight is 367 g/mol. The Hall–Kier alpha value is -3.68. The highest BCUT2D eigenvalue weighted by atomic mass is 16.6. The summed E-state index contributed by atoms with van der Waals surface area (Å²) in [6.45, 7) is -0.0169. The molecule has 0 fully saturated rings. The minimum atomic E-state index is -0.525. The maximum atomic E-state index is 12.6. The van der Waals surface area contributed by atoms with Crippen molar-refractivity contribution in [3.63, 3.8) is 0 Å². The van der Waals surface area contributed by atoms with Crippen LogP contribution in [-0.2, 0) is 13.6 Å². The van der Waals surface area contributed by atoms with Crippen LogP contribution in [0.5, 0.6) is 5.75 Å². The van der Waals surface area contributed by atoms with Crippen LogP contribution < -0.4 is 15.0 Å². The first kappa shape index (κ1) is 18.1. The van der Waals surface area contributed by atoms with Gasteiger partial charge in [0.25, 0.3) is 5.69 Å². The van der Waals surface area contributed by atoms with Crippen molar-refractivity contribution < 1.29 is 19.0 Å². The first-order valence-electron chi connectivity index (χ1n) is 8.17. The van der Waals surface area contributed by atoms with E-state index in [2.05, 4.69) is 0 Å². The Balaban J connectivity index is 1.88. The number of anilines is 1. The van der Waals surface area contributed by atoms with Crippen LogP contribution in [0.15, 0.2) is 54.7 Å². The van der Waals surface area contributed by atoms with Crippen molar-refractivity contribution in [1.29, 1.82) is 0 Å². The Morgan fingerprint density at radius 2 is 1.96 bits per heavy atom. The molecule has 2 aromatic carbocycles. The predicted molar refractivity (Wildman–Crippen MR) is 99.4 cm³/mol. The van der Waals surface area contributed by atoms with E-state index in [1.165, 1.54) is 18.2 Å². The van der Waals surface area contributed by atoms with Gasteiger partial charge in [-0.1, -0.05) is 12.1 Å². The molecule has 3 rings (SSSR count). The standard InChI is InChI=1S/C19H18N4O4/c1-21-17(13-6-8-16(27-2)9-7-13)11-22(19(21)20)12-18(24)14-4-3-5-15(10-14)23(25)26/h3-11,20H,12H2,1-2H3/p+1. The second-order valence-corrected chi connectivity index (χ2v) is 6.02. The monoisotopic (exact) mass is 367 g/mol. The van der Waals surface area contributed by atoms with E-state index >= 15 is 0 Å². The molecule has 0 aliphatic carbocycles. The number of methoxy groups -OCH3 is 1. The molecule has 0 aliphatic heterocycles. The summed E-state index contributed by atoms with van der Waals surface area (Å²) < 4.78 is 8.57. The molecule has 1 aromatic heterocycles. The predicted octanol–water partition coefficient (Wildman–Crippen LogP) is 2.36. The van der Waals surface area contributed by atoms with Crippen LogP contribution in [0.4, 0.5) is 11.6 Å². The zero-order chi connectivity index (χ0) is 19.6. The molecule has 2 N–H and O–H groups in total. The molecule has 0 atom stereocenters. The first-order chi connectivity index (χ1) is 12.9. The summed E-state index contributed by atoms with van der Waals surface area (Å²) in [5, 5.41) is 10.9. The summed E-state index contributed by atoms with van der Waals surface area (Å²) in [5.74, 6) is 0.886. The number of nitrogens with zero attached hydrogens (tertiary/aromatic N) is 3. The molecular weight excluding hydrogens is 348 g/mol. The molecular formula is C19H19N4O4+. The van der Waals surface area contributed by atoms with Crippen molar-refractivity contribution in [3.8, 4) is 17.0 Å². The fourth-order valence-corrected chi connectivity index (χ4v) is 2.81. The number of ether oxygens (including phenoxy) is 1. The molecule has 0 saturated carbocycles. The first-order valence-corrected chi connectivity index (χ1v) is 8.17. The molecule has 138 valence electrons. The highest BCUT2D eigenvalue weighted by molar-refractivity contribution is 5.95. The molecule has 0 aliphatic rings. The number of hydrogen-bond donors (Lipinski definition) is 1. The fourth-order valence-electron chi connectivity index (χ4n) is 2.81. The Morgan fingerprint density at radius 3 is 2.59 bits per heavy atom. The zero-order valence-electron chi connectivity index (χ0n) is 15.0. The highest BCUT2D eigenvalue weighted by Crippen LogP contribution is 2.23. The van der Waals surface area contributed by atoms with Crippen molar-refractivity contribution in [2.75, 3.05) is 12.8 Å². The van der Waals surface area contributed by atoms with Crippen LogP contribution in [-0.4, -0.2) is 22.4 Å². The molecule has 0 bridgehead atoms. The summed E-state index contributed by atoms with van der Waals surface area (Å²) >= 11 is 0. The molecule has 0 spiro atoms. The number of hydrogen-bond acceptors (Lipinski definition) is 5. The van der Waals surface area contributed by atoms with E-state index in [-0.39, 0.29) is 23.6 Å². The third-order valence-corrected chi connectivity index (χ3v) is 4.36. The van der Waals surface area contributed by atoms with E-state index in [0.29, 0.717) is 5.95 Å². The van der Waals surface area contributed by atoms with E-state index in [0.717, 1.165) is 17.0 Å². The van der Waals surface area contributed by atoms with Gasteiger partial charge in [0.05, 0.1) is 19.1 Å². The van der Waals surface area contributed by atoms with E-state index in [1.807, 2.05) is 31.3 Å². The van der Waals surface area contributed by atoms with Crippen LogP contribution >= 0.6 is 0 Å². The van der Waals surface area contributed by atoms with Crippen LogP contribution in [0.3, 0.4) is 0 Å². The van der Waals surface area contributed by atoms with Gasteiger partial charge in [-0.15, -0.1) is 0 Å². The average Bonchev–Trinajstić information content (AvgIpc) is 2.96. The van der Waals surface area contributed by atoms with Gasteiger partial charge in [-0.3, -0.25) is 20.6 Å². The molecule has 8 nitrogen and oxygen atoms in total. The number of ketones is 1. The van der Waals surface area contributed by atoms with Gasteiger partial charge in [-0.25, -0.2) is 9.13 Å². The Kier molecular flexibility index (Phi) is 4.89. The molecule has 8 heteroatoms. The molecule has 0 unspecified atom stereocenters. The number of Topliss-reactive ketones (excluding diaryl/α,β-unsaturated/α-hetero) is 1. The molecule has 3 aromatic rings. The lowest BCUT2D eigenvalue weighted by molar-refractivity contribution is -0.667. The summed E-state index contributed by atoms with van der Waals surface area (Å²) in [4.78, 5) is 22.9. The maximum Gasteiger partial charge on any atom is 0.355 e. The number of carbonyl (C=O) groups excluding carboxylic acids is 1. The van der Waals surface area contributed by atoms with Gasteiger partial charge < -0.3 is 4.74 Å². The van der Waals surface area contributed by atoms with E-state index in [9.17, 15) is 14.9 Å². The second kappa shape index (κ2) is 7.28. The zero-order valence-corrected chi connectivity index (χ0v) is 15.0. The molecule has 1 heterocycles. The number of imidazole rings is 1. The summed E-state index contributed by atoms with van der Waals surface area (Å²) in [7, 11) is 3.41. The number of benzene rings is 2. The highest BCUT2D eigenvalue weighted by Gasteiger charge is 2.21. The van der Waals surface area contributed by atoms with Crippen LogP contribution in [0.25, 0.3) is 11.3 Å². The largest absolute Gasteiger partial charge is 0.497 e. The molecule has 27 heavy (non-hydrogen) atoms. The lowest BCUT2D eigenvalue weighted by Crippen LogP contribution is -2.39.